The molecule has 1 aliphatic heterocycles. The molecule has 0 bridgehead atoms. The van der Waals surface area contributed by atoms with Crippen molar-refractivity contribution in [2.45, 2.75) is 25.3 Å². The summed E-state index contributed by atoms with van der Waals surface area (Å²) >= 11 is 12.0. The third-order valence-corrected chi connectivity index (χ3v) is 4.05. The Bertz CT molecular complexity index is 785. The van der Waals surface area contributed by atoms with Crippen LogP contribution in [-0.2, 0) is 11.3 Å². The molecule has 1 aromatic carbocycles. The van der Waals surface area contributed by atoms with Gasteiger partial charge >= 0.3 is 0 Å². The van der Waals surface area contributed by atoms with Gasteiger partial charge in [0.15, 0.2) is 0 Å². The molecule has 7 heteroatoms. The van der Waals surface area contributed by atoms with Gasteiger partial charge in [-0.2, -0.15) is 0 Å². The zero-order valence-electron chi connectivity index (χ0n) is 10.4. The van der Waals surface area contributed by atoms with Gasteiger partial charge in [-0.15, -0.1) is 0 Å². The lowest BCUT2D eigenvalue weighted by molar-refractivity contribution is -0.120. The summed E-state index contributed by atoms with van der Waals surface area (Å²) in [7, 11) is 0. The van der Waals surface area contributed by atoms with Crippen LogP contribution in [0.25, 0.3) is 10.9 Å². The number of amides is 1. The van der Waals surface area contributed by atoms with Crippen molar-refractivity contribution in [1.29, 1.82) is 0 Å². The normalized spacial score (nSPS) is 18.0. The molecule has 2 heterocycles. The summed E-state index contributed by atoms with van der Waals surface area (Å²) < 4.78 is 1.49. The predicted octanol–water partition coefficient (Wildman–Crippen LogP) is 2.07. The third-order valence-electron chi connectivity index (χ3n) is 3.53. The molecule has 1 amide bonds. The molecule has 0 unspecified atom stereocenters. The topological polar surface area (TPSA) is 78.0 Å². The maximum absolute atomic E-state index is 12.5. The van der Waals surface area contributed by atoms with Crippen LogP contribution in [0.1, 0.15) is 24.6 Å². The fourth-order valence-electron chi connectivity index (χ4n) is 2.62. The van der Waals surface area contributed by atoms with Crippen molar-refractivity contribution in [2.24, 2.45) is 5.73 Å². The third kappa shape index (κ3) is 1.98. The molecule has 2 aromatic rings. The second kappa shape index (κ2) is 4.75. The first-order valence-corrected chi connectivity index (χ1v) is 6.93. The van der Waals surface area contributed by atoms with Crippen molar-refractivity contribution in [2.75, 3.05) is 0 Å². The second-order valence-electron chi connectivity index (χ2n) is 4.81. The summed E-state index contributed by atoms with van der Waals surface area (Å²) in [6.45, 7) is 0.514. The minimum absolute atomic E-state index is 0.252. The molecule has 2 N–H and O–H groups in total. The van der Waals surface area contributed by atoms with Crippen molar-refractivity contribution < 1.29 is 4.79 Å². The molecule has 1 aliphatic rings. The number of hydrogen-bond donors (Lipinski definition) is 1. The van der Waals surface area contributed by atoms with Gasteiger partial charge in [-0.3, -0.25) is 14.2 Å². The van der Waals surface area contributed by atoms with Crippen LogP contribution in [-0.4, -0.2) is 15.5 Å². The predicted molar refractivity (Wildman–Crippen MR) is 77.2 cm³/mol. The number of primary amides is 1. The fraction of sp³-hybridized carbons (Fsp3) is 0.308. The highest BCUT2D eigenvalue weighted by Crippen LogP contribution is 2.29. The maximum Gasteiger partial charge on any atom is 0.262 e. The minimum atomic E-state index is -0.543. The molecule has 5 nitrogen and oxygen atoms in total. The number of nitrogens with two attached hydrogens (primary N) is 1. The van der Waals surface area contributed by atoms with E-state index in [0.29, 0.717) is 41.1 Å². The van der Waals surface area contributed by atoms with Crippen LogP contribution in [0.15, 0.2) is 16.9 Å². The Kier molecular flexibility index (Phi) is 3.18. The average Bonchev–Trinajstić information content (AvgIpc) is 2.37. The van der Waals surface area contributed by atoms with Gasteiger partial charge in [0.1, 0.15) is 5.82 Å². The number of carbonyl (C=O) groups excluding carboxylic acids is 1. The van der Waals surface area contributed by atoms with E-state index >= 15 is 0 Å². The number of nitrogens with zero attached hydrogens (tertiary/aromatic N) is 2. The summed E-state index contributed by atoms with van der Waals surface area (Å²) in [5.41, 5.74) is 5.53. The molecule has 1 atom stereocenters. The first-order valence-electron chi connectivity index (χ1n) is 6.18. The molecular weight excluding hydrogens is 301 g/mol. The zero-order valence-corrected chi connectivity index (χ0v) is 11.9. The summed E-state index contributed by atoms with van der Waals surface area (Å²) in [5.74, 6) is -0.615. The molecular formula is C13H11Cl2N3O2. The van der Waals surface area contributed by atoms with Crippen molar-refractivity contribution in [3.05, 3.63) is 38.4 Å². The van der Waals surface area contributed by atoms with Crippen LogP contribution in [0.5, 0.6) is 0 Å². The Morgan fingerprint density at radius 3 is 2.85 bits per heavy atom. The number of carbonyl (C=O) groups is 1. The highest BCUT2D eigenvalue weighted by Gasteiger charge is 2.28. The van der Waals surface area contributed by atoms with E-state index in [1.807, 2.05) is 0 Å². The van der Waals surface area contributed by atoms with Crippen LogP contribution in [0.4, 0.5) is 0 Å². The number of rotatable bonds is 1. The van der Waals surface area contributed by atoms with Crippen LogP contribution in [0.3, 0.4) is 0 Å². The fourth-order valence-corrected chi connectivity index (χ4v) is 3.18. The summed E-state index contributed by atoms with van der Waals surface area (Å²) in [6.07, 6.45) is 1.31. The monoisotopic (exact) mass is 311 g/mol. The number of fused-ring (bicyclic) bond motifs is 2. The first kappa shape index (κ1) is 13.4. The summed E-state index contributed by atoms with van der Waals surface area (Å²) in [5, 5.41) is 0.984. The van der Waals surface area contributed by atoms with Gasteiger partial charge in [-0.1, -0.05) is 23.2 Å². The zero-order chi connectivity index (χ0) is 14.4. The SMILES string of the molecule is NC(=O)[C@@H]1CCCn2c1nc1cc(Cl)cc(Cl)c1c2=O. The van der Waals surface area contributed by atoms with Crippen LogP contribution >= 0.6 is 23.2 Å². The molecule has 0 radical (unpaired) electrons. The molecule has 3 rings (SSSR count). The Labute approximate surface area is 124 Å². The van der Waals surface area contributed by atoms with Gasteiger partial charge in [0.25, 0.3) is 5.56 Å². The van der Waals surface area contributed by atoms with Gasteiger partial charge in [0, 0.05) is 11.6 Å². The van der Waals surface area contributed by atoms with Crippen LogP contribution < -0.4 is 11.3 Å². The quantitative estimate of drug-likeness (QED) is 0.875. The van der Waals surface area contributed by atoms with E-state index in [-0.39, 0.29) is 10.6 Å². The smallest absolute Gasteiger partial charge is 0.262 e. The van der Waals surface area contributed by atoms with Crippen molar-refractivity contribution in [1.82, 2.24) is 9.55 Å². The van der Waals surface area contributed by atoms with Gasteiger partial charge in [0.2, 0.25) is 5.91 Å². The lowest BCUT2D eigenvalue weighted by Gasteiger charge is -2.24. The Balaban J connectivity index is 2.39. The van der Waals surface area contributed by atoms with Crippen LogP contribution in [0, 0.1) is 0 Å². The van der Waals surface area contributed by atoms with Crippen molar-refractivity contribution in [3.63, 3.8) is 0 Å². The largest absolute Gasteiger partial charge is 0.369 e. The first-order chi connectivity index (χ1) is 9.49. The van der Waals surface area contributed by atoms with Gasteiger partial charge < -0.3 is 5.73 Å². The van der Waals surface area contributed by atoms with Crippen molar-refractivity contribution in [3.8, 4) is 0 Å². The van der Waals surface area contributed by atoms with E-state index in [1.165, 1.54) is 10.6 Å². The molecule has 0 saturated heterocycles. The Hall–Kier alpha value is -1.59. The molecule has 0 aliphatic carbocycles. The second-order valence-corrected chi connectivity index (χ2v) is 5.65. The van der Waals surface area contributed by atoms with Gasteiger partial charge in [-0.05, 0) is 25.0 Å². The standard InChI is InChI=1S/C13H11Cl2N3O2/c14-6-4-8(15)10-9(5-6)17-12-7(11(16)19)2-1-3-18(12)13(10)20/h4-5,7H,1-3H2,(H2,16,19)/t7-/m0/s1. The number of hydrogen-bond acceptors (Lipinski definition) is 3. The molecule has 0 spiro atoms. The van der Waals surface area contributed by atoms with E-state index < -0.39 is 11.8 Å². The van der Waals surface area contributed by atoms with E-state index in [2.05, 4.69) is 4.98 Å². The van der Waals surface area contributed by atoms with E-state index in [1.54, 1.807) is 6.07 Å². The molecule has 0 fully saturated rings. The highest BCUT2D eigenvalue weighted by molar-refractivity contribution is 6.38. The van der Waals surface area contributed by atoms with E-state index in [0.717, 1.165) is 0 Å². The summed E-state index contributed by atoms with van der Waals surface area (Å²) in [6, 6.07) is 3.08. The highest BCUT2D eigenvalue weighted by atomic mass is 35.5. The molecule has 104 valence electrons. The van der Waals surface area contributed by atoms with Gasteiger partial charge in [0.05, 0.1) is 21.8 Å². The van der Waals surface area contributed by atoms with E-state index in [4.69, 9.17) is 28.9 Å². The molecule has 1 aromatic heterocycles. The maximum atomic E-state index is 12.5. The minimum Gasteiger partial charge on any atom is -0.369 e. The lowest BCUT2D eigenvalue weighted by atomic mass is 9.97. The Morgan fingerprint density at radius 1 is 1.40 bits per heavy atom. The van der Waals surface area contributed by atoms with Crippen LogP contribution in [0.2, 0.25) is 10.0 Å². The number of aromatic nitrogens is 2. The average molecular weight is 312 g/mol. The summed E-state index contributed by atoms with van der Waals surface area (Å²) in [4.78, 5) is 28.4. The lowest BCUT2D eigenvalue weighted by Crippen LogP contribution is -2.35. The number of benzene rings is 1. The van der Waals surface area contributed by atoms with Gasteiger partial charge in [-0.25, -0.2) is 4.98 Å². The Morgan fingerprint density at radius 2 is 2.15 bits per heavy atom. The van der Waals surface area contributed by atoms with E-state index in [9.17, 15) is 9.59 Å². The number of halogens is 2. The molecule has 0 saturated carbocycles. The molecule has 20 heavy (non-hydrogen) atoms. The van der Waals surface area contributed by atoms with Crippen molar-refractivity contribution >= 4 is 40.0 Å².